The lowest BCUT2D eigenvalue weighted by atomic mass is 9.68. The van der Waals surface area contributed by atoms with Crippen LogP contribution in [0.2, 0.25) is 38.3 Å². The molecule has 2 atom stereocenters. The maximum absolute atomic E-state index is 6.99. The smallest absolute Gasteiger partial charge is 0.245 e. The minimum Gasteiger partial charge on any atom is -0.544 e. The van der Waals surface area contributed by atoms with E-state index in [9.17, 15) is 0 Å². The molecule has 0 radical (unpaired) electrons. The summed E-state index contributed by atoms with van der Waals surface area (Å²) in [7, 11) is -3.41. The molecule has 36 heavy (non-hydrogen) atoms. The summed E-state index contributed by atoms with van der Waals surface area (Å²) < 4.78 is 20.4. The monoisotopic (exact) mass is 530 g/mol. The Hall–Kier alpha value is -1.05. The first kappa shape index (κ1) is 29.5. The van der Waals surface area contributed by atoms with Gasteiger partial charge >= 0.3 is 0 Å². The van der Waals surface area contributed by atoms with Crippen molar-refractivity contribution in [2.24, 2.45) is 5.92 Å². The molecule has 0 saturated heterocycles. The molecule has 3 rings (SSSR count). The molecule has 0 saturated carbocycles. The first-order chi connectivity index (χ1) is 16.9. The summed E-state index contributed by atoms with van der Waals surface area (Å²) in [6, 6.07) is 7.11. The number of rotatable bonds is 13. The van der Waals surface area contributed by atoms with Crippen molar-refractivity contribution < 1.29 is 13.6 Å². The van der Waals surface area contributed by atoms with E-state index in [-0.39, 0.29) is 5.60 Å². The summed E-state index contributed by atoms with van der Waals surface area (Å²) in [5.41, 5.74) is 3.95. The Balaban J connectivity index is 2.02. The highest BCUT2D eigenvalue weighted by Gasteiger charge is 2.46. The molecule has 1 aromatic rings. The summed E-state index contributed by atoms with van der Waals surface area (Å²) in [4.78, 5) is 0. The number of hydrogen-bond acceptors (Lipinski definition) is 3. The van der Waals surface area contributed by atoms with Gasteiger partial charge in [-0.1, -0.05) is 52.5 Å². The van der Waals surface area contributed by atoms with E-state index < -0.39 is 16.6 Å². The number of fused-ring (bicyclic) bond motifs is 3. The Labute approximate surface area is 224 Å². The van der Waals surface area contributed by atoms with Crippen molar-refractivity contribution in [2.45, 2.75) is 136 Å². The van der Waals surface area contributed by atoms with Gasteiger partial charge in [0.15, 0.2) is 8.32 Å². The number of aryl methyl sites for hydroxylation is 1. The van der Waals surface area contributed by atoms with Crippen LogP contribution in [-0.4, -0.2) is 28.8 Å². The van der Waals surface area contributed by atoms with E-state index in [0.29, 0.717) is 11.8 Å². The molecule has 0 aromatic heterocycles. The van der Waals surface area contributed by atoms with Gasteiger partial charge in [-0.3, -0.25) is 0 Å². The first-order valence-corrected chi connectivity index (χ1v) is 21.0. The zero-order valence-electron chi connectivity index (χ0n) is 24.9. The summed E-state index contributed by atoms with van der Waals surface area (Å²) in [6.07, 6.45) is 12.0. The number of ether oxygens (including phenoxy) is 1. The van der Waals surface area contributed by atoms with Gasteiger partial charge < -0.3 is 13.6 Å². The highest BCUT2D eigenvalue weighted by Crippen LogP contribution is 2.54. The molecule has 0 fully saturated rings. The molecule has 204 valence electrons. The molecule has 0 amide bonds. The van der Waals surface area contributed by atoms with Crippen molar-refractivity contribution in [1.29, 1.82) is 0 Å². The molecular weight excluding hydrogens is 477 g/mol. The molecule has 0 unspecified atom stereocenters. The SMILES string of the molecule is CCCCCc1cc2c(c(O[Si](C)(C)CCC)c1)[C@H]1C=C(CO[Si](C)(C)CCC)CC[C@@H]1C(C)(C)O2. The van der Waals surface area contributed by atoms with Crippen molar-refractivity contribution in [3.05, 3.63) is 34.9 Å². The van der Waals surface area contributed by atoms with Gasteiger partial charge in [0.1, 0.15) is 17.1 Å². The van der Waals surface area contributed by atoms with Crippen molar-refractivity contribution in [3.8, 4) is 11.5 Å². The lowest BCUT2D eigenvalue weighted by molar-refractivity contribution is 0.0104. The third-order valence-corrected chi connectivity index (χ3v) is 13.3. The second-order valence-corrected chi connectivity index (χ2v) is 21.6. The molecule has 1 aliphatic heterocycles. The molecule has 3 nitrogen and oxygen atoms in total. The first-order valence-electron chi connectivity index (χ1n) is 14.8. The minimum absolute atomic E-state index is 0.188. The van der Waals surface area contributed by atoms with E-state index in [2.05, 4.69) is 79.0 Å². The van der Waals surface area contributed by atoms with Crippen LogP contribution in [0.15, 0.2) is 23.8 Å². The third-order valence-electron chi connectivity index (χ3n) is 8.20. The van der Waals surface area contributed by atoms with E-state index in [0.717, 1.165) is 37.4 Å². The van der Waals surface area contributed by atoms with Crippen LogP contribution in [-0.2, 0) is 10.8 Å². The van der Waals surface area contributed by atoms with E-state index in [4.69, 9.17) is 13.6 Å². The molecule has 5 heteroatoms. The number of allylic oxidation sites excluding steroid dienone is 1. The molecule has 1 aliphatic carbocycles. The Morgan fingerprint density at radius 3 is 2.31 bits per heavy atom. The number of unbranched alkanes of at least 4 members (excludes halogenated alkanes) is 2. The van der Waals surface area contributed by atoms with Gasteiger partial charge in [-0.05, 0) is 101 Å². The number of hydrogen-bond donors (Lipinski definition) is 0. The molecule has 0 bridgehead atoms. The minimum atomic E-state index is -1.82. The van der Waals surface area contributed by atoms with E-state index in [1.807, 2.05) is 0 Å². The number of benzene rings is 1. The zero-order chi connectivity index (χ0) is 26.6. The van der Waals surface area contributed by atoms with Crippen molar-refractivity contribution in [2.75, 3.05) is 6.61 Å². The van der Waals surface area contributed by atoms with Crippen molar-refractivity contribution in [3.63, 3.8) is 0 Å². The average Bonchev–Trinajstić information content (AvgIpc) is 2.77. The molecule has 1 heterocycles. The molecule has 1 aromatic carbocycles. The predicted octanol–water partition coefficient (Wildman–Crippen LogP) is 9.64. The normalized spacial score (nSPS) is 21.3. The predicted molar refractivity (Wildman–Crippen MR) is 160 cm³/mol. The van der Waals surface area contributed by atoms with Crippen LogP contribution in [0.3, 0.4) is 0 Å². The van der Waals surface area contributed by atoms with Gasteiger partial charge in [-0.25, -0.2) is 0 Å². The third kappa shape index (κ3) is 7.51. The summed E-state index contributed by atoms with van der Waals surface area (Å²) in [5.74, 6) is 2.96. The zero-order valence-corrected chi connectivity index (χ0v) is 26.9. The van der Waals surface area contributed by atoms with Gasteiger partial charge in [0.05, 0.1) is 6.61 Å². The van der Waals surface area contributed by atoms with Crippen molar-refractivity contribution >= 4 is 16.6 Å². The van der Waals surface area contributed by atoms with Crippen LogP contribution >= 0.6 is 0 Å². The van der Waals surface area contributed by atoms with Gasteiger partial charge in [0, 0.05) is 17.4 Å². The van der Waals surface area contributed by atoms with Crippen LogP contribution in [0.25, 0.3) is 0 Å². The van der Waals surface area contributed by atoms with Crippen LogP contribution in [0.5, 0.6) is 11.5 Å². The van der Waals surface area contributed by atoms with Crippen LogP contribution < -0.4 is 9.16 Å². The molecule has 2 aliphatic rings. The quantitative estimate of drug-likeness (QED) is 0.144. The Morgan fingerprint density at radius 1 is 0.944 bits per heavy atom. The Bertz CT molecular complexity index is 903. The van der Waals surface area contributed by atoms with Gasteiger partial charge in [-0.15, -0.1) is 0 Å². The summed E-state index contributed by atoms with van der Waals surface area (Å²) in [6.45, 7) is 21.7. The lowest BCUT2D eigenvalue weighted by Crippen LogP contribution is -2.46. The van der Waals surface area contributed by atoms with Crippen molar-refractivity contribution in [1.82, 2.24) is 0 Å². The summed E-state index contributed by atoms with van der Waals surface area (Å²) >= 11 is 0. The topological polar surface area (TPSA) is 27.7 Å². The van der Waals surface area contributed by atoms with E-state index in [1.54, 1.807) is 0 Å². The average molecular weight is 531 g/mol. The largest absolute Gasteiger partial charge is 0.544 e. The Morgan fingerprint density at radius 2 is 1.64 bits per heavy atom. The van der Waals surface area contributed by atoms with E-state index >= 15 is 0 Å². The highest BCUT2D eigenvalue weighted by atomic mass is 28.4. The van der Waals surface area contributed by atoms with Gasteiger partial charge in [0.2, 0.25) is 8.32 Å². The standard InChI is InChI=1S/C31H54O3Si2/c1-10-13-14-15-24-21-28-30(29(22-24)34-36(8,9)19-12-3)26-20-25(23-32-35(6,7)18-11-2)16-17-27(26)31(4,5)33-28/h20-22,26-27H,10-19,23H2,1-9H3/t26-,27-/m0/s1. The molecule has 0 spiro atoms. The van der Waals surface area contributed by atoms with Gasteiger partial charge in [0.25, 0.3) is 0 Å². The fourth-order valence-corrected chi connectivity index (χ4v) is 10.3. The van der Waals surface area contributed by atoms with Crippen LogP contribution in [0.1, 0.15) is 96.6 Å². The van der Waals surface area contributed by atoms with Crippen LogP contribution in [0, 0.1) is 5.92 Å². The molecular formula is C31H54O3Si2. The van der Waals surface area contributed by atoms with Gasteiger partial charge in [-0.2, -0.15) is 0 Å². The van der Waals surface area contributed by atoms with Crippen LogP contribution in [0.4, 0.5) is 0 Å². The maximum atomic E-state index is 6.99. The maximum Gasteiger partial charge on any atom is 0.245 e. The second kappa shape index (κ2) is 12.2. The summed E-state index contributed by atoms with van der Waals surface area (Å²) in [5, 5.41) is 0. The molecule has 0 N–H and O–H groups in total. The highest BCUT2D eigenvalue weighted by molar-refractivity contribution is 6.72. The second-order valence-electron chi connectivity index (χ2n) is 13.1. The Kier molecular flexibility index (Phi) is 10.0. The lowest BCUT2D eigenvalue weighted by Gasteiger charge is -2.47. The van der Waals surface area contributed by atoms with E-state index in [1.165, 1.54) is 60.9 Å². The fourth-order valence-electron chi connectivity index (χ4n) is 6.31. The fraction of sp³-hybridized carbons (Fsp3) is 0.742.